The first-order valence-corrected chi connectivity index (χ1v) is 8.95. The first kappa shape index (κ1) is 17.4. The Morgan fingerprint density at radius 1 is 1.22 bits per heavy atom. The fraction of sp³-hybridized carbons (Fsp3) is 0.316. The van der Waals surface area contributed by atoms with Crippen LogP contribution in [0.2, 0.25) is 0 Å². The van der Waals surface area contributed by atoms with Gasteiger partial charge in [-0.1, -0.05) is 31.2 Å². The monoisotopic (exact) mass is 329 g/mol. The summed E-state index contributed by atoms with van der Waals surface area (Å²) in [5, 5.41) is 2.98. The number of amides is 1. The maximum atomic E-state index is 12.6. The number of ether oxygens (including phenoxy) is 1. The Bertz CT molecular complexity index is 685. The molecular formula is C19H23NO2S. The second kappa shape index (κ2) is 8.06. The summed E-state index contributed by atoms with van der Waals surface area (Å²) in [5.41, 5.74) is 2.98. The summed E-state index contributed by atoms with van der Waals surface area (Å²) in [6.45, 7) is 5.96. The van der Waals surface area contributed by atoms with Crippen LogP contribution in [-0.2, 0) is 4.79 Å². The molecule has 1 atom stereocenters. The standard InChI is InChI=1S/C19H23NO2S/c1-5-16(22-17-12-13(2)10-11-14(17)3)19(21)20-15-8-6-7-9-18(15)23-4/h6-12,16H,5H2,1-4H3,(H,20,21)/t16-/m0/s1. The first-order valence-electron chi connectivity index (χ1n) is 7.73. The second-order valence-corrected chi connectivity index (χ2v) is 6.32. The number of anilines is 1. The molecule has 2 rings (SSSR count). The van der Waals surface area contributed by atoms with Crippen LogP contribution in [0, 0.1) is 13.8 Å². The molecule has 23 heavy (non-hydrogen) atoms. The molecule has 0 bridgehead atoms. The highest BCUT2D eigenvalue weighted by atomic mass is 32.2. The summed E-state index contributed by atoms with van der Waals surface area (Å²) in [5.74, 6) is 0.653. The van der Waals surface area contributed by atoms with Gasteiger partial charge in [0.15, 0.2) is 6.10 Å². The predicted octanol–water partition coefficient (Wildman–Crippen LogP) is 4.82. The number of para-hydroxylation sites is 1. The van der Waals surface area contributed by atoms with Crippen molar-refractivity contribution in [2.75, 3.05) is 11.6 Å². The van der Waals surface area contributed by atoms with E-state index in [1.807, 2.05) is 69.5 Å². The zero-order valence-electron chi connectivity index (χ0n) is 14.1. The van der Waals surface area contributed by atoms with Crippen molar-refractivity contribution in [1.82, 2.24) is 0 Å². The molecule has 0 unspecified atom stereocenters. The molecule has 122 valence electrons. The first-order chi connectivity index (χ1) is 11.0. The number of hydrogen-bond acceptors (Lipinski definition) is 3. The summed E-state index contributed by atoms with van der Waals surface area (Å²) >= 11 is 1.61. The molecule has 0 saturated carbocycles. The molecule has 0 aliphatic carbocycles. The number of carbonyl (C=O) groups is 1. The normalized spacial score (nSPS) is 11.8. The molecule has 0 saturated heterocycles. The highest BCUT2D eigenvalue weighted by molar-refractivity contribution is 7.98. The van der Waals surface area contributed by atoms with Gasteiger partial charge in [0, 0.05) is 4.90 Å². The number of rotatable bonds is 6. The van der Waals surface area contributed by atoms with Gasteiger partial charge in [0.1, 0.15) is 5.75 Å². The maximum absolute atomic E-state index is 12.6. The molecule has 0 fully saturated rings. The highest BCUT2D eigenvalue weighted by Crippen LogP contribution is 2.26. The van der Waals surface area contributed by atoms with E-state index in [0.29, 0.717) is 6.42 Å². The van der Waals surface area contributed by atoms with E-state index in [-0.39, 0.29) is 5.91 Å². The quantitative estimate of drug-likeness (QED) is 0.772. The third kappa shape index (κ3) is 4.52. The summed E-state index contributed by atoms with van der Waals surface area (Å²) in [6.07, 6.45) is 2.10. The number of carbonyl (C=O) groups excluding carboxylic acids is 1. The predicted molar refractivity (Wildman–Crippen MR) is 97.5 cm³/mol. The molecule has 1 N–H and O–H groups in total. The third-order valence-corrected chi connectivity index (χ3v) is 4.44. The average Bonchev–Trinajstić information content (AvgIpc) is 2.56. The largest absolute Gasteiger partial charge is 0.480 e. The minimum Gasteiger partial charge on any atom is -0.480 e. The number of thioether (sulfide) groups is 1. The van der Waals surface area contributed by atoms with Crippen molar-refractivity contribution in [1.29, 1.82) is 0 Å². The van der Waals surface area contributed by atoms with Crippen molar-refractivity contribution in [3.05, 3.63) is 53.6 Å². The van der Waals surface area contributed by atoms with Gasteiger partial charge in [-0.05, 0) is 55.9 Å². The molecule has 0 radical (unpaired) electrons. The lowest BCUT2D eigenvalue weighted by Crippen LogP contribution is -2.32. The van der Waals surface area contributed by atoms with Crippen molar-refractivity contribution < 1.29 is 9.53 Å². The van der Waals surface area contributed by atoms with E-state index < -0.39 is 6.10 Å². The number of hydrogen-bond donors (Lipinski definition) is 1. The summed E-state index contributed by atoms with van der Waals surface area (Å²) in [7, 11) is 0. The molecule has 0 spiro atoms. The van der Waals surface area contributed by atoms with E-state index in [2.05, 4.69) is 5.32 Å². The van der Waals surface area contributed by atoms with Crippen molar-refractivity contribution in [3.8, 4) is 5.75 Å². The van der Waals surface area contributed by atoms with Gasteiger partial charge in [-0.3, -0.25) is 4.79 Å². The van der Waals surface area contributed by atoms with E-state index in [0.717, 1.165) is 27.5 Å². The van der Waals surface area contributed by atoms with E-state index in [4.69, 9.17) is 4.74 Å². The summed E-state index contributed by atoms with van der Waals surface area (Å²) in [4.78, 5) is 13.6. The SMILES string of the molecule is CC[C@H](Oc1cc(C)ccc1C)C(=O)Nc1ccccc1SC. The van der Waals surface area contributed by atoms with Crippen LogP contribution < -0.4 is 10.1 Å². The Labute approximate surface area is 142 Å². The van der Waals surface area contributed by atoms with Gasteiger partial charge in [0.25, 0.3) is 5.91 Å². The smallest absolute Gasteiger partial charge is 0.265 e. The van der Waals surface area contributed by atoms with Gasteiger partial charge < -0.3 is 10.1 Å². The van der Waals surface area contributed by atoms with E-state index in [1.165, 1.54) is 0 Å². The third-order valence-electron chi connectivity index (χ3n) is 3.64. The Hall–Kier alpha value is -1.94. The lowest BCUT2D eigenvalue weighted by atomic mass is 10.1. The Balaban J connectivity index is 2.14. The van der Waals surface area contributed by atoms with Gasteiger partial charge >= 0.3 is 0 Å². The van der Waals surface area contributed by atoms with Crippen LogP contribution in [0.15, 0.2) is 47.4 Å². The average molecular weight is 329 g/mol. The molecule has 2 aromatic rings. The Morgan fingerprint density at radius 2 is 1.96 bits per heavy atom. The molecule has 0 heterocycles. The molecule has 0 aliphatic rings. The number of benzene rings is 2. The van der Waals surface area contributed by atoms with Crippen LogP contribution in [0.4, 0.5) is 5.69 Å². The van der Waals surface area contributed by atoms with E-state index in [9.17, 15) is 4.79 Å². The number of nitrogens with one attached hydrogen (secondary N) is 1. The fourth-order valence-corrected chi connectivity index (χ4v) is 2.82. The Kier molecular flexibility index (Phi) is 6.11. The summed E-state index contributed by atoms with van der Waals surface area (Å²) < 4.78 is 5.96. The van der Waals surface area contributed by atoms with Gasteiger partial charge in [-0.2, -0.15) is 0 Å². The fourth-order valence-electron chi connectivity index (χ4n) is 2.27. The van der Waals surface area contributed by atoms with Gasteiger partial charge in [-0.15, -0.1) is 11.8 Å². The summed E-state index contributed by atoms with van der Waals surface area (Å²) in [6, 6.07) is 13.8. The van der Waals surface area contributed by atoms with Crippen LogP contribution >= 0.6 is 11.8 Å². The topological polar surface area (TPSA) is 38.3 Å². The van der Waals surface area contributed by atoms with E-state index in [1.54, 1.807) is 11.8 Å². The minimum absolute atomic E-state index is 0.116. The van der Waals surface area contributed by atoms with E-state index >= 15 is 0 Å². The van der Waals surface area contributed by atoms with Crippen LogP contribution in [0.1, 0.15) is 24.5 Å². The van der Waals surface area contributed by atoms with Gasteiger partial charge in [0.2, 0.25) is 0 Å². The molecule has 0 aliphatic heterocycles. The van der Waals surface area contributed by atoms with Crippen molar-refractivity contribution >= 4 is 23.4 Å². The lowest BCUT2D eigenvalue weighted by Gasteiger charge is -2.19. The number of aryl methyl sites for hydroxylation is 2. The molecule has 1 amide bonds. The van der Waals surface area contributed by atoms with Crippen LogP contribution in [0.25, 0.3) is 0 Å². The molecule has 2 aromatic carbocycles. The lowest BCUT2D eigenvalue weighted by molar-refractivity contribution is -0.122. The zero-order valence-corrected chi connectivity index (χ0v) is 14.9. The van der Waals surface area contributed by atoms with Crippen molar-refractivity contribution in [3.63, 3.8) is 0 Å². The molecule has 0 aromatic heterocycles. The highest BCUT2D eigenvalue weighted by Gasteiger charge is 2.20. The van der Waals surface area contributed by atoms with Crippen molar-refractivity contribution in [2.45, 2.75) is 38.2 Å². The van der Waals surface area contributed by atoms with Crippen LogP contribution in [0.3, 0.4) is 0 Å². The molecular weight excluding hydrogens is 306 g/mol. The van der Waals surface area contributed by atoms with Gasteiger partial charge in [0.05, 0.1) is 5.69 Å². The maximum Gasteiger partial charge on any atom is 0.265 e. The molecule has 4 heteroatoms. The molecule has 3 nitrogen and oxygen atoms in total. The van der Waals surface area contributed by atoms with Crippen LogP contribution in [0.5, 0.6) is 5.75 Å². The van der Waals surface area contributed by atoms with Crippen molar-refractivity contribution in [2.24, 2.45) is 0 Å². The van der Waals surface area contributed by atoms with Crippen LogP contribution in [-0.4, -0.2) is 18.3 Å². The van der Waals surface area contributed by atoms with Gasteiger partial charge in [-0.25, -0.2) is 0 Å². The minimum atomic E-state index is -0.509. The second-order valence-electron chi connectivity index (χ2n) is 5.47. The zero-order chi connectivity index (χ0) is 16.8. The Morgan fingerprint density at radius 3 is 2.65 bits per heavy atom.